The second-order valence-electron chi connectivity index (χ2n) is 7.09. The first-order chi connectivity index (χ1) is 14.0. The summed E-state index contributed by atoms with van der Waals surface area (Å²) in [5.74, 6) is -0.779. The van der Waals surface area contributed by atoms with Crippen LogP contribution >= 0.6 is 0 Å². The van der Waals surface area contributed by atoms with Crippen molar-refractivity contribution in [3.05, 3.63) is 65.2 Å². The number of carbonyl (C=O) groups is 2. The second kappa shape index (κ2) is 8.95. The minimum atomic E-state index is -0.873. The van der Waals surface area contributed by atoms with E-state index in [-0.39, 0.29) is 18.3 Å². The molecule has 0 radical (unpaired) electrons. The van der Waals surface area contributed by atoms with E-state index in [1.54, 1.807) is 33.3 Å². The van der Waals surface area contributed by atoms with Crippen molar-refractivity contribution < 1.29 is 23.8 Å². The van der Waals surface area contributed by atoms with Gasteiger partial charge in [-0.25, -0.2) is 0 Å². The maximum atomic E-state index is 13.0. The lowest BCUT2D eigenvalue weighted by Gasteiger charge is -2.30. The van der Waals surface area contributed by atoms with Crippen molar-refractivity contribution in [2.45, 2.75) is 26.2 Å². The Morgan fingerprint density at radius 1 is 1.03 bits per heavy atom. The molecule has 3 rings (SSSR count). The van der Waals surface area contributed by atoms with Gasteiger partial charge in [0.15, 0.2) is 17.3 Å². The molecule has 0 aromatic heterocycles. The van der Waals surface area contributed by atoms with E-state index in [1.807, 2.05) is 43.3 Å². The first-order valence-corrected chi connectivity index (χ1v) is 9.68. The quantitative estimate of drug-likeness (QED) is 0.539. The van der Waals surface area contributed by atoms with E-state index in [9.17, 15) is 9.59 Å². The van der Waals surface area contributed by atoms with Crippen LogP contribution in [0.25, 0.3) is 5.57 Å². The number of allylic oxidation sites excluding steroid dienone is 2. The van der Waals surface area contributed by atoms with Crippen molar-refractivity contribution in [1.82, 2.24) is 0 Å². The van der Waals surface area contributed by atoms with Gasteiger partial charge in [0.2, 0.25) is 0 Å². The van der Waals surface area contributed by atoms with Gasteiger partial charge in [-0.2, -0.15) is 0 Å². The molecule has 5 heteroatoms. The Bertz CT molecular complexity index is 927. The van der Waals surface area contributed by atoms with E-state index in [0.29, 0.717) is 17.9 Å². The molecule has 1 aliphatic rings. The third-order valence-electron chi connectivity index (χ3n) is 5.26. The van der Waals surface area contributed by atoms with Gasteiger partial charge in [-0.15, -0.1) is 0 Å². The van der Waals surface area contributed by atoms with E-state index in [4.69, 9.17) is 14.2 Å². The van der Waals surface area contributed by atoms with Crippen LogP contribution in [0.3, 0.4) is 0 Å². The van der Waals surface area contributed by atoms with Crippen molar-refractivity contribution in [3.8, 4) is 11.5 Å². The van der Waals surface area contributed by atoms with Gasteiger partial charge in [0.05, 0.1) is 20.8 Å². The molecule has 2 atom stereocenters. The number of methoxy groups -OCH3 is 2. The van der Waals surface area contributed by atoms with Gasteiger partial charge in [0.1, 0.15) is 5.92 Å². The molecule has 1 aliphatic carbocycles. The van der Waals surface area contributed by atoms with Crippen molar-refractivity contribution in [2.75, 3.05) is 20.8 Å². The number of benzene rings is 2. The molecule has 0 spiro atoms. The van der Waals surface area contributed by atoms with Crippen LogP contribution in [0, 0.1) is 12.8 Å². The molecular formula is C24H26O5. The largest absolute Gasteiger partial charge is 0.493 e. The number of ketones is 1. The Labute approximate surface area is 171 Å². The molecule has 0 saturated carbocycles. The van der Waals surface area contributed by atoms with E-state index in [0.717, 1.165) is 22.3 Å². The molecule has 2 aromatic rings. The lowest BCUT2D eigenvalue weighted by molar-refractivity contribution is -0.151. The molecule has 0 bridgehead atoms. The standard InChI is InChI=1S/C24H26O5/c1-5-29-24(26)23-19(17-10-11-21(27-3)22(14-17)28-4)12-18(13-20(23)25)16-8-6-15(2)7-9-16/h6-11,13-14,19,23H,5,12H2,1-4H3/t19-,23-/m0/s1. The van der Waals surface area contributed by atoms with Crippen molar-refractivity contribution in [2.24, 2.45) is 5.92 Å². The smallest absolute Gasteiger partial charge is 0.317 e. The number of hydrogen-bond acceptors (Lipinski definition) is 5. The average molecular weight is 394 g/mol. The summed E-state index contributed by atoms with van der Waals surface area (Å²) in [5, 5.41) is 0. The number of ether oxygens (including phenoxy) is 3. The predicted octanol–water partition coefficient (Wildman–Crippen LogP) is 4.33. The van der Waals surface area contributed by atoms with Crippen molar-refractivity contribution >= 4 is 17.3 Å². The highest BCUT2D eigenvalue weighted by Gasteiger charge is 2.40. The number of hydrogen-bond donors (Lipinski definition) is 0. The Balaban J connectivity index is 2.05. The van der Waals surface area contributed by atoms with Crippen LogP contribution in [0.4, 0.5) is 0 Å². The molecule has 152 valence electrons. The zero-order chi connectivity index (χ0) is 21.0. The molecule has 0 saturated heterocycles. The Hall–Kier alpha value is -3.08. The molecule has 29 heavy (non-hydrogen) atoms. The van der Waals surface area contributed by atoms with Gasteiger partial charge in [-0.05, 0) is 55.2 Å². The fourth-order valence-electron chi connectivity index (χ4n) is 3.75. The Kier molecular flexibility index (Phi) is 6.37. The molecule has 0 N–H and O–H groups in total. The Morgan fingerprint density at radius 2 is 1.72 bits per heavy atom. The molecule has 0 heterocycles. The first kappa shape index (κ1) is 20.6. The van der Waals surface area contributed by atoms with Crippen molar-refractivity contribution in [1.29, 1.82) is 0 Å². The SMILES string of the molecule is CCOC(=O)[C@@H]1C(=O)C=C(c2ccc(C)cc2)C[C@H]1c1ccc(OC)c(OC)c1. The highest BCUT2D eigenvalue weighted by atomic mass is 16.5. The number of rotatable bonds is 6. The summed E-state index contributed by atoms with van der Waals surface area (Å²) in [6.07, 6.45) is 2.14. The normalized spacial score (nSPS) is 18.8. The molecule has 5 nitrogen and oxygen atoms in total. The molecular weight excluding hydrogens is 368 g/mol. The third kappa shape index (κ3) is 4.34. The van der Waals surface area contributed by atoms with E-state index in [2.05, 4.69) is 0 Å². The lowest BCUT2D eigenvalue weighted by atomic mass is 9.73. The van der Waals surface area contributed by atoms with Gasteiger partial charge in [-0.1, -0.05) is 35.9 Å². The van der Waals surface area contributed by atoms with Crippen molar-refractivity contribution in [3.63, 3.8) is 0 Å². The van der Waals surface area contributed by atoms with Crippen LogP contribution < -0.4 is 9.47 Å². The molecule has 0 amide bonds. The molecule has 0 unspecified atom stereocenters. The molecule has 0 aliphatic heterocycles. The number of aryl methyl sites for hydroxylation is 1. The van der Waals surface area contributed by atoms with Crippen LogP contribution in [0.2, 0.25) is 0 Å². The van der Waals surface area contributed by atoms with E-state index in [1.165, 1.54) is 0 Å². The van der Waals surface area contributed by atoms with Crippen LogP contribution in [0.15, 0.2) is 48.5 Å². The summed E-state index contributed by atoms with van der Waals surface area (Å²) in [7, 11) is 3.13. The van der Waals surface area contributed by atoms with Gasteiger partial charge in [0.25, 0.3) is 0 Å². The highest BCUT2D eigenvalue weighted by Crippen LogP contribution is 2.42. The van der Waals surface area contributed by atoms with Crippen LogP contribution in [-0.2, 0) is 14.3 Å². The van der Waals surface area contributed by atoms with Gasteiger partial charge in [-0.3, -0.25) is 9.59 Å². The first-order valence-electron chi connectivity index (χ1n) is 9.68. The summed E-state index contributed by atoms with van der Waals surface area (Å²) < 4.78 is 16.0. The third-order valence-corrected chi connectivity index (χ3v) is 5.26. The summed E-state index contributed by atoms with van der Waals surface area (Å²) in [5.41, 5.74) is 3.89. The Morgan fingerprint density at radius 3 is 2.34 bits per heavy atom. The van der Waals surface area contributed by atoms with E-state index >= 15 is 0 Å². The summed E-state index contributed by atoms with van der Waals surface area (Å²) in [6.45, 7) is 3.99. The average Bonchev–Trinajstić information content (AvgIpc) is 2.73. The second-order valence-corrected chi connectivity index (χ2v) is 7.09. The van der Waals surface area contributed by atoms with Gasteiger partial charge >= 0.3 is 5.97 Å². The zero-order valence-electron chi connectivity index (χ0n) is 17.2. The number of carbonyl (C=O) groups excluding carboxylic acids is 2. The predicted molar refractivity (Wildman–Crippen MR) is 111 cm³/mol. The topological polar surface area (TPSA) is 61.8 Å². The van der Waals surface area contributed by atoms with E-state index < -0.39 is 11.9 Å². The number of esters is 1. The molecule has 2 aromatic carbocycles. The highest BCUT2D eigenvalue weighted by molar-refractivity contribution is 6.10. The minimum absolute atomic E-state index is 0.231. The van der Waals surface area contributed by atoms with Crippen LogP contribution in [-0.4, -0.2) is 32.6 Å². The summed E-state index contributed by atoms with van der Waals surface area (Å²) in [6, 6.07) is 13.6. The summed E-state index contributed by atoms with van der Waals surface area (Å²) in [4.78, 5) is 25.6. The maximum Gasteiger partial charge on any atom is 0.317 e. The van der Waals surface area contributed by atoms with Gasteiger partial charge < -0.3 is 14.2 Å². The maximum absolute atomic E-state index is 13.0. The fourth-order valence-corrected chi connectivity index (χ4v) is 3.75. The fraction of sp³-hybridized carbons (Fsp3) is 0.333. The van der Waals surface area contributed by atoms with Gasteiger partial charge in [0, 0.05) is 5.92 Å². The minimum Gasteiger partial charge on any atom is -0.493 e. The zero-order valence-corrected chi connectivity index (χ0v) is 17.2. The van der Waals surface area contributed by atoms with Crippen LogP contribution in [0.5, 0.6) is 11.5 Å². The molecule has 0 fully saturated rings. The summed E-state index contributed by atoms with van der Waals surface area (Å²) >= 11 is 0. The lowest BCUT2D eigenvalue weighted by Crippen LogP contribution is -2.34. The monoisotopic (exact) mass is 394 g/mol. The van der Waals surface area contributed by atoms with Crippen LogP contribution in [0.1, 0.15) is 36.0 Å².